The van der Waals surface area contributed by atoms with Crippen LogP contribution in [0.25, 0.3) is 0 Å². The van der Waals surface area contributed by atoms with Crippen molar-refractivity contribution in [3.8, 4) is 0 Å². The fraction of sp³-hybridized carbons (Fsp3) is 0.556. The molecule has 1 heterocycles. The fourth-order valence-electron chi connectivity index (χ4n) is 2.93. The van der Waals surface area contributed by atoms with E-state index >= 15 is 0 Å². The van der Waals surface area contributed by atoms with Crippen LogP contribution < -0.4 is 5.73 Å². The molecule has 1 saturated heterocycles. The van der Waals surface area contributed by atoms with Crippen LogP contribution in [0, 0.1) is 5.92 Å². The molecule has 6 N–H and O–H groups in total. The standard InChI is InChI=1S/C18H26NO11P/c1-9(2)7-13(21)28-16-15(30-31(24,25)26)14(22)12(8-20)27-18(16)29-17(23)10-5-3-4-6-11(10)19/h3-6,9,12,14-16,18,20,22H,7-8,19H2,1-2H3,(H2,24,25,26). The first-order valence-corrected chi connectivity index (χ1v) is 10.9. The summed E-state index contributed by atoms with van der Waals surface area (Å²) in [6, 6.07) is 5.91. The minimum atomic E-state index is -5.19. The summed E-state index contributed by atoms with van der Waals surface area (Å²) in [6.07, 6.45) is -8.72. The fourth-order valence-corrected chi connectivity index (χ4v) is 3.49. The summed E-state index contributed by atoms with van der Waals surface area (Å²) >= 11 is 0. The molecule has 0 aliphatic carbocycles. The third kappa shape index (κ3) is 6.97. The highest BCUT2D eigenvalue weighted by molar-refractivity contribution is 7.46. The van der Waals surface area contributed by atoms with Gasteiger partial charge >= 0.3 is 19.8 Å². The van der Waals surface area contributed by atoms with Crippen molar-refractivity contribution in [2.45, 2.75) is 51.0 Å². The molecule has 1 aromatic carbocycles. The molecule has 13 heteroatoms. The average Bonchev–Trinajstić information content (AvgIpc) is 2.65. The summed E-state index contributed by atoms with van der Waals surface area (Å²) in [5.74, 6) is -1.92. The quantitative estimate of drug-likeness (QED) is 0.196. The number of nitrogens with two attached hydrogens (primary N) is 1. The number of para-hydroxylation sites is 1. The molecular formula is C18H26NO11P. The lowest BCUT2D eigenvalue weighted by atomic mass is 9.99. The Balaban J connectivity index is 2.37. The summed E-state index contributed by atoms with van der Waals surface area (Å²) in [5, 5.41) is 19.8. The smallest absolute Gasteiger partial charge is 0.453 e. The molecule has 0 bridgehead atoms. The number of hydrogen-bond acceptors (Lipinski definition) is 10. The number of carbonyl (C=O) groups is 2. The van der Waals surface area contributed by atoms with Gasteiger partial charge in [-0.1, -0.05) is 26.0 Å². The molecule has 0 amide bonds. The van der Waals surface area contributed by atoms with Crippen LogP contribution in [0.3, 0.4) is 0 Å². The maximum atomic E-state index is 12.6. The van der Waals surface area contributed by atoms with Gasteiger partial charge in [0.05, 0.1) is 12.2 Å². The summed E-state index contributed by atoms with van der Waals surface area (Å²) in [7, 11) is -5.19. The van der Waals surface area contributed by atoms with Gasteiger partial charge in [0.15, 0.2) is 6.10 Å². The molecule has 0 aromatic heterocycles. The number of anilines is 1. The van der Waals surface area contributed by atoms with Crippen LogP contribution in [0.5, 0.6) is 0 Å². The maximum absolute atomic E-state index is 12.6. The van der Waals surface area contributed by atoms with E-state index in [1.165, 1.54) is 18.2 Å². The first kappa shape index (κ1) is 25.2. The molecule has 1 aliphatic rings. The highest BCUT2D eigenvalue weighted by atomic mass is 31.2. The van der Waals surface area contributed by atoms with E-state index in [0.29, 0.717) is 0 Å². The average molecular weight is 463 g/mol. The van der Waals surface area contributed by atoms with Crippen LogP contribution in [0.4, 0.5) is 5.69 Å². The van der Waals surface area contributed by atoms with E-state index in [0.717, 1.165) is 0 Å². The van der Waals surface area contributed by atoms with E-state index < -0.39 is 57.1 Å². The molecule has 0 saturated carbocycles. The lowest BCUT2D eigenvalue weighted by Gasteiger charge is -2.42. The van der Waals surface area contributed by atoms with E-state index in [1.54, 1.807) is 19.9 Å². The number of esters is 2. The van der Waals surface area contributed by atoms with Crippen molar-refractivity contribution in [1.29, 1.82) is 0 Å². The first-order valence-electron chi connectivity index (χ1n) is 9.36. The highest BCUT2D eigenvalue weighted by Gasteiger charge is 2.52. The molecule has 1 aliphatic heterocycles. The van der Waals surface area contributed by atoms with Crippen LogP contribution in [0.2, 0.25) is 0 Å². The third-order valence-corrected chi connectivity index (χ3v) is 4.82. The van der Waals surface area contributed by atoms with Gasteiger partial charge in [-0.3, -0.25) is 9.32 Å². The van der Waals surface area contributed by atoms with Crippen molar-refractivity contribution >= 4 is 25.4 Å². The molecular weight excluding hydrogens is 437 g/mol. The molecule has 1 fully saturated rings. The number of rotatable bonds is 8. The number of aliphatic hydroxyl groups excluding tert-OH is 2. The zero-order valence-electron chi connectivity index (χ0n) is 16.9. The van der Waals surface area contributed by atoms with E-state index in [-0.39, 0.29) is 23.6 Å². The number of hydrogen-bond donors (Lipinski definition) is 5. The Morgan fingerprint density at radius 1 is 1.19 bits per heavy atom. The highest BCUT2D eigenvalue weighted by Crippen LogP contribution is 2.42. The molecule has 5 atom stereocenters. The Morgan fingerprint density at radius 2 is 1.84 bits per heavy atom. The number of benzene rings is 1. The van der Waals surface area contributed by atoms with E-state index in [2.05, 4.69) is 4.52 Å². The van der Waals surface area contributed by atoms with Crippen molar-refractivity contribution in [3.05, 3.63) is 29.8 Å². The number of phosphoric ester groups is 1. The number of nitrogen functional groups attached to an aromatic ring is 1. The van der Waals surface area contributed by atoms with Gasteiger partial charge in [-0.2, -0.15) is 0 Å². The van der Waals surface area contributed by atoms with Gasteiger partial charge in [-0.05, 0) is 18.1 Å². The second-order valence-electron chi connectivity index (χ2n) is 7.32. The zero-order chi connectivity index (χ0) is 23.3. The molecule has 1 aromatic rings. The lowest BCUT2D eigenvalue weighted by Crippen LogP contribution is -2.61. The van der Waals surface area contributed by atoms with E-state index in [4.69, 9.17) is 19.9 Å². The Hall–Kier alpha value is -2.05. The second kappa shape index (κ2) is 10.5. The van der Waals surface area contributed by atoms with Crippen LogP contribution in [-0.2, 0) is 28.1 Å². The Kier molecular flexibility index (Phi) is 8.55. The molecule has 31 heavy (non-hydrogen) atoms. The molecule has 2 rings (SSSR count). The van der Waals surface area contributed by atoms with Crippen molar-refractivity contribution in [3.63, 3.8) is 0 Å². The zero-order valence-corrected chi connectivity index (χ0v) is 17.8. The van der Waals surface area contributed by atoms with Gasteiger partial charge in [0, 0.05) is 12.1 Å². The predicted molar refractivity (Wildman–Crippen MR) is 104 cm³/mol. The maximum Gasteiger partial charge on any atom is 0.470 e. The largest absolute Gasteiger partial charge is 0.470 e. The Bertz CT molecular complexity index is 826. The van der Waals surface area contributed by atoms with Gasteiger partial charge < -0.3 is 39.9 Å². The van der Waals surface area contributed by atoms with Crippen LogP contribution in [-0.4, -0.2) is 69.3 Å². The van der Waals surface area contributed by atoms with E-state index in [1.807, 2.05) is 0 Å². The predicted octanol–water partition coefficient (Wildman–Crippen LogP) is -0.0605. The molecule has 5 unspecified atom stereocenters. The minimum absolute atomic E-state index is 0.0440. The number of phosphoric acid groups is 1. The van der Waals surface area contributed by atoms with Crippen molar-refractivity contribution in [2.24, 2.45) is 5.92 Å². The topological polar surface area (TPSA) is 195 Å². The molecule has 174 valence electrons. The molecule has 0 radical (unpaired) electrons. The molecule has 0 spiro atoms. The van der Waals surface area contributed by atoms with Gasteiger partial charge in [0.1, 0.15) is 18.3 Å². The monoisotopic (exact) mass is 463 g/mol. The third-order valence-electron chi connectivity index (χ3n) is 4.30. The summed E-state index contributed by atoms with van der Waals surface area (Å²) in [4.78, 5) is 43.3. The van der Waals surface area contributed by atoms with Crippen LogP contribution >= 0.6 is 7.82 Å². The van der Waals surface area contributed by atoms with E-state index in [9.17, 15) is 34.2 Å². The number of carbonyl (C=O) groups excluding carboxylic acids is 2. The normalized spacial score (nSPS) is 26.5. The SMILES string of the molecule is CC(C)CC(=O)OC1C(OC(=O)c2ccccc2N)OC(CO)C(O)C1OP(=O)(O)O. The van der Waals surface area contributed by atoms with Gasteiger partial charge in [0.2, 0.25) is 6.29 Å². The summed E-state index contributed by atoms with van der Waals surface area (Å²) in [5.41, 5.74) is 5.79. The van der Waals surface area contributed by atoms with Crippen LogP contribution in [0.1, 0.15) is 30.6 Å². The molecule has 12 nitrogen and oxygen atoms in total. The van der Waals surface area contributed by atoms with Crippen molar-refractivity contribution < 1.29 is 52.9 Å². The van der Waals surface area contributed by atoms with Crippen molar-refractivity contribution in [1.82, 2.24) is 0 Å². The number of aliphatic hydroxyl groups is 2. The second-order valence-corrected chi connectivity index (χ2v) is 8.51. The van der Waals surface area contributed by atoms with Crippen LogP contribution in [0.15, 0.2) is 24.3 Å². The Morgan fingerprint density at radius 3 is 2.39 bits per heavy atom. The first-order chi connectivity index (χ1) is 14.4. The van der Waals surface area contributed by atoms with Gasteiger partial charge in [-0.15, -0.1) is 0 Å². The summed E-state index contributed by atoms with van der Waals surface area (Å²) < 4.78 is 31.9. The summed E-state index contributed by atoms with van der Waals surface area (Å²) in [6.45, 7) is 2.65. The lowest BCUT2D eigenvalue weighted by molar-refractivity contribution is -0.286. The van der Waals surface area contributed by atoms with Gasteiger partial charge in [0.25, 0.3) is 0 Å². The minimum Gasteiger partial charge on any atom is -0.453 e. The van der Waals surface area contributed by atoms with Gasteiger partial charge in [-0.25, -0.2) is 9.36 Å². The number of ether oxygens (including phenoxy) is 3. The Labute approximate surface area is 178 Å². The van der Waals surface area contributed by atoms with Crippen molar-refractivity contribution in [2.75, 3.05) is 12.3 Å².